The standard InChI is InChI=1S/C16H16FNO4S/c17-11-3-1-9(2-4-11)10-5-12(7-18-6-10)22-16-15(21)14(20)13(19)8-23-16/h1-7,13-16,19-21H,8H2/t13-,14+,15-,16+/m1/s1. The van der Waals surface area contributed by atoms with E-state index in [1.54, 1.807) is 24.4 Å². The number of pyridine rings is 1. The third-order valence-electron chi connectivity index (χ3n) is 3.60. The van der Waals surface area contributed by atoms with Crippen molar-refractivity contribution in [2.75, 3.05) is 5.75 Å². The minimum Gasteiger partial charge on any atom is -0.475 e. The summed E-state index contributed by atoms with van der Waals surface area (Å²) in [4.78, 5) is 4.09. The first-order valence-electron chi connectivity index (χ1n) is 7.08. The number of aromatic nitrogens is 1. The molecule has 4 atom stereocenters. The topological polar surface area (TPSA) is 82.8 Å². The van der Waals surface area contributed by atoms with Gasteiger partial charge in [-0.3, -0.25) is 4.98 Å². The Hall–Kier alpha value is -1.67. The SMILES string of the molecule is O[C@@H]1[C@@H](O)[C@@H](Oc2cncc(-c3ccc(F)cc3)c2)SC[C@H]1O. The summed E-state index contributed by atoms with van der Waals surface area (Å²) in [5.74, 6) is 0.379. The van der Waals surface area contributed by atoms with Crippen LogP contribution in [-0.2, 0) is 0 Å². The minimum absolute atomic E-state index is 0.272. The molecule has 2 heterocycles. The van der Waals surface area contributed by atoms with Gasteiger partial charge in [0, 0.05) is 17.5 Å². The lowest BCUT2D eigenvalue weighted by Gasteiger charge is -2.34. The predicted octanol–water partition coefficient (Wildman–Crippen LogP) is 1.42. The van der Waals surface area contributed by atoms with E-state index in [-0.39, 0.29) is 11.6 Å². The molecule has 0 bridgehead atoms. The van der Waals surface area contributed by atoms with E-state index in [1.165, 1.54) is 30.1 Å². The van der Waals surface area contributed by atoms with Crippen molar-refractivity contribution < 1.29 is 24.4 Å². The van der Waals surface area contributed by atoms with Gasteiger partial charge >= 0.3 is 0 Å². The number of hydrogen-bond acceptors (Lipinski definition) is 6. The number of rotatable bonds is 3. The smallest absolute Gasteiger partial charge is 0.173 e. The second kappa shape index (κ2) is 6.84. The molecule has 0 amide bonds. The van der Waals surface area contributed by atoms with E-state index in [4.69, 9.17) is 4.74 Å². The Morgan fingerprint density at radius 1 is 1.04 bits per heavy atom. The number of halogens is 1. The highest BCUT2D eigenvalue weighted by Crippen LogP contribution is 2.30. The number of hydrogen-bond donors (Lipinski definition) is 3. The van der Waals surface area contributed by atoms with Gasteiger partial charge in [-0.1, -0.05) is 12.1 Å². The van der Waals surface area contributed by atoms with Crippen LogP contribution in [0.3, 0.4) is 0 Å². The summed E-state index contributed by atoms with van der Waals surface area (Å²) in [5, 5.41) is 29.2. The van der Waals surface area contributed by atoms with Gasteiger partial charge in [0.15, 0.2) is 5.44 Å². The van der Waals surface area contributed by atoms with Gasteiger partial charge in [0.25, 0.3) is 0 Å². The van der Waals surface area contributed by atoms with Crippen molar-refractivity contribution in [3.8, 4) is 16.9 Å². The number of thioether (sulfide) groups is 1. The number of aliphatic hydroxyl groups excluding tert-OH is 3. The Bertz CT molecular complexity index is 669. The molecule has 7 heteroatoms. The van der Waals surface area contributed by atoms with E-state index in [0.29, 0.717) is 5.75 Å². The lowest BCUT2D eigenvalue weighted by molar-refractivity contribution is -0.0786. The van der Waals surface area contributed by atoms with Crippen molar-refractivity contribution in [3.05, 3.63) is 48.5 Å². The van der Waals surface area contributed by atoms with Crippen molar-refractivity contribution in [2.45, 2.75) is 23.7 Å². The molecule has 2 aromatic rings. The Morgan fingerprint density at radius 2 is 1.78 bits per heavy atom. The third kappa shape index (κ3) is 3.64. The first-order chi connectivity index (χ1) is 11.0. The normalized spacial score (nSPS) is 27.7. The molecule has 1 fully saturated rings. The molecule has 0 radical (unpaired) electrons. The molecule has 1 aromatic carbocycles. The van der Waals surface area contributed by atoms with E-state index in [2.05, 4.69) is 4.98 Å². The Labute approximate surface area is 136 Å². The largest absolute Gasteiger partial charge is 0.475 e. The average Bonchev–Trinajstić information content (AvgIpc) is 2.56. The first-order valence-corrected chi connectivity index (χ1v) is 8.13. The zero-order chi connectivity index (χ0) is 16.4. The Morgan fingerprint density at radius 3 is 2.52 bits per heavy atom. The zero-order valence-corrected chi connectivity index (χ0v) is 12.9. The molecule has 0 spiro atoms. The lowest BCUT2D eigenvalue weighted by atomic mass is 10.1. The number of ether oxygens (including phenoxy) is 1. The van der Waals surface area contributed by atoms with Crippen LogP contribution in [0.15, 0.2) is 42.7 Å². The van der Waals surface area contributed by atoms with Crippen LogP contribution in [0.25, 0.3) is 11.1 Å². The quantitative estimate of drug-likeness (QED) is 0.786. The number of nitrogens with zero attached hydrogens (tertiary/aromatic N) is 1. The molecule has 122 valence electrons. The molecule has 23 heavy (non-hydrogen) atoms. The second-order valence-electron chi connectivity index (χ2n) is 5.28. The summed E-state index contributed by atoms with van der Waals surface area (Å²) in [6.07, 6.45) is -0.285. The van der Waals surface area contributed by atoms with E-state index in [9.17, 15) is 19.7 Å². The van der Waals surface area contributed by atoms with Gasteiger partial charge in [-0.25, -0.2) is 4.39 Å². The zero-order valence-electron chi connectivity index (χ0n) is 12.0. The van der Waals surface area contributed by atoms with Crippen molar-refractivity contribution in [1.29, 1.82) is 0 Å². The molecule has 0 unspecified atom stereocenters. The molecule has 1 aromatic heterocycles. The molecule has 1 aliphatic heterocycles. The van der Waals surface area contributed by atoms with Crippen molar-refractivity contribution >= 4 is 11.8 Å². The molecular formula is C16H16FNO4S. The summed E-state index contributed by atoms with van der Waals surface area (Å²) in [6.45, 7) is 0. The molecule has 1 aliphatic rings. The van der Waals surface area contributed by atoms with Gasteiger partial charge in [-0.15, -0.1) is 11.8 Å². The van der Waals surface area contributed by atoms with Crippen LogP contribution in [-0.4, -0.2) is 49.8 Å². The summed E-state index contributed by atoms with van der Waals surface area (Å²) >= 11 is 1.22. The van der Waals surface area contributed by atoms with Gasteiger partial charge in [0.2, 0.25) is 0 Å². The summed E-state index contributed by atoms with van der Waals surface area (Å²) in [6, 6.07) is 7.73. The van der Waals surface area contributed by atoms with Crippen LogP contribution >= 0.6 is 11.8 Å². The van der Waals surface area contributed by atoms with Gasteiger partial charge in [0.1, 0.15) is 23.8 Å². The van der Waals surface area contributed by atoms with Crippen LogP contribution in [0.2, 0.25) is 0 Å². The summed E-state index contributed by atoms with van der Waals surface area (Å²) < 4.78 is 18.7. The fourth-order valence-corrected chi connectivity index (χ4v) is 3.42. The van der Waals surface area contributed by atoms with Crippen LogP contribution in [0.5, 0.6) is 5.75 Å². The molecule has 3 N–H and O–H groups in total. The number of benzene rings is 1. The van der Waals surface area contributed by atoms with Crippen molar-refractivity contribution in [3.63, 3.8) is 0 Å². The van der Waals surface area contributed by atoms with Crippen molar-refractivity contribution in [2.24, 2.45) is 0 Å². The fraction of sp³-hybridized carbons (Fsp3) is 0.312. The number of aliphatic hydroxyl groups is 3. The van der Waals surface area contributed by atoms with Crippen LogP contribution < -0.4 is 4.74 Å². The van der Waals surface area contributed by atoms with Gasteiger partial charge < -0.3 is 20.1 Å². The maximum Gasteiger partial charge on any atom is 0.173 e. The molecular weight excluding hydrogens is 321 g/mol. The van der Waals surface area contributed by atoms with E-state index < -0.39 is 23.7 Å². The molecule has 0 saturated carbocycles. The van der Waals surface area contributed by atoms with Crippen molar-refractivity contribution in [1.82, 2.24) is 4.98 Å². The highest BCUT2D eigenvalue weighted by molar-refractivity contribution is 7.99. The van der Waals surface area contributed by atoms with Crippen LogP contribution in [0, 0.1) is 5.82 Å². The fourth-order valence-electron chi connectivity index (χ4n) is 2.30. The second-order valence-corrected chi connectivity index (χ2v) is 6.42. The Kier molecular flexibility index (Phi) is 4.82. The third-order valence-corrected chi connectivity index (χ3v) is 4.83. The Balaban J connectivity index is 1.76. The first kappa shape index (κ1) is 16.2. The molecule has 5 nitrogen and oxygen atoms in total. The summed E-state index contributed by atoms with van der Waals surface area (Å²) in [5.41, 5.74) is 0.841. The lowest BCUT2D eigenvalue weighted by Crippen LogP contribution is -2.50. The van der Waals surface area contributed by atoms with E-state index >= 15 is 0 Å². The molecule has 0 aliphatic carbocycles. The highest BCUT2D eigenvalue weighted by atomic mass is 32.2. The van der Waals surface area contributed by atoms with Gasteiger partial charge in [-0.05, 0) is 23.8 Å². The summed E-state index contributed by atoms with van der Waals surface area (Å²) in [7, 11) is 0. The highest BCUT2D eigenvalue weighted by Gasteiger charge is 2.38. The molecule has 1 saturated heterocycles. The van der Waals surface area contributed by atoms with Gasteiger partial charge in [-0.2, -0.15) is 0 Å². The maximum absolute atomic E-state index is 13.0. The van der Waals surface area contributed by atoms with Crippen LogP contribution in [0.4, 0.5) is 4.39 Å². The van der Waals surface area contributed by atoms with Gasteiger partial charge in [0.05, 0.1) is 12.3 Å². The molecule has 3 rings (SSSR count). The van der Waals surface area contributed by atoms with E-state index in [0.717, 1.165) is 11.1 Å². The average molecular weight is 337 g/mol. The minimum atomic E-state index is -1.24. The maximum atomic E-state index is 13.0. The predicted molar refractivity (Wildman–Crippen MR) is 84.5 cm³/mol. The monoisotopic (exact) mass is 337 g/mol. The van der Waals surface area contributed by atoms with E-state index in [1.807, 2.05) is 0 Å². The van der Waals surface area contributed by atoms with Crippen LogP contribution in [0.1, 0.15) is 0 Å².